The fourth-order valence-electron chi connectivity index (χ4n) is 5.02. The van der Waals surface area contributed by atoms with Gasteiger partial charge >= 0.3 is 0 Å². The molecule has 1 heterocycles. The second kappa shape index (κ2) is 9.75. The first-order chi connectivity index (χ1) is 14.7. The molecule has 1 amide bonds. The number of carbonyl (C=O) groups is 1. The molecule has 1 aliphatic rings. The third kappa shape index (κ3) is 4.83. The molecule has 0 spiro atoms. The molecule has 2 aromatic rings. The summed E-state index contributed by atoms with van der Waals surface area (Å²) in [7, 11) is 0. The molecule has 2 aromatic carbocycles. The zero-order valence-electron chi connectivity index (χ0n) is 18.4. The predicted molar refractivity (Wildman–Crippen MR) is 127 cm³/mol. The average molecular weight is 462 g/mol. The van der Waals surface area contributed by atoms with Crippen LogP contribution in [0.4, 0.5) is 4.39 Å². The highest BCUT2D eigenvalue weighted by Crippen LogP contribution is 2.52. The maximum absolute atomic E-state index is 14.4. The Labute approximate surface area is 195 Å². The van der Waals surface area contributed by atoms with Crippen molar-refractivity contribution in [1.29, 1.82) is 0 Å². The number of halogens is 3. The molecule has 166 valence electrons. The number of nitrogens with zero attached hydrogens (tertiary/aromatic N) is 1. The summed E-state index contributed by atoms with van der Waals surface area (Å²) in [6.45, 7) is 10.1. The van der Waals surface area contributed by atoms with E-state index >= 15 is 0 Å². The van der Waals surface area contributed by atoms with E-state index in [1.165, 1.54) is 6.07 Å². The first-order valence-electron chi connectivity index (χ1n) is 10.9. The molecule has 0 unspecified atom stereocenters. The van der Waals surface area contributed by atoms with Crippen molar-refractivity contribution in [3.63, 3.8) is 0 Å². The van der Waals surface area contributed by atoms with Gasteiger partial charge in [0.2, 0.25) is 5.91 Å². The van der Waals surface area contributed by atoms with Crippen LogP contribution in [0.3, 0.4) is 0 Å². The summed E-state index contributed by atoms with van der Waals surface area (Å²) in [6, 6.07) is 12.2. The van der Waals surface area contributed by atoms with Gasteiger partial charge in [0.05, 0.1) is 11.5 Å². The molecule has 3 atom stereocenters. The Morgan fingerprint density at radius 2 is 1.77 bits per heavy atom. The summed E-state index contributed by atoms with van der Waals surface area (Å²) in [5.74, 6) is -0.355. The Bertz CT molecular complexity index is 921. The smallest absolute Gasteiger partial charge is 0.229 e. The van der Waals surface area contributed by atoms with E-state index in [-0.39, 0.29) is 29.7 Å². The van der Waals surface area contributed by atoms with Crippen molar-refractivity contribution in [2.75, 3.05) is 0 Å². The summed E-state index contributed by atoms with van der Waals surface area (Å²) in [5, 5.41) is 1.00. The van der Waals surface area contributed by atoms with Crippen LogP contribution in [0, 0.1) is 11.2 Å². The maximum atomic E-state index is 14.4. The van der Waals surface area contributed by atoms with E-state index in [9.17, 15) is 9.18 Å². The maximum Gasteiger partial charge on any atom is 0.229 e. The fourth-order valence-corrected chi connectivity index (χ4v) is 5.38. The molecule has 0 aromatic heterocycles. The zero-order valence-corrected chi connectivity index (χ0v) is 19.9. The van der Waals surface area contributed by atoms with Gasteiger partial charge in [-0.25, -0.2) is 4.39 Å². The number of likely N-dealkylation sites (tertiary alicyclic amines) is 1. The largest absolute Gasteiger partial charge is 0.332 e. The number of hydrogen-bond acceptors (Lipinski definition) is 1. The summed E-state index contributed by atoms with van der Waals surface area (Å²) >= 11 is 12.4. The van der Waals surface area contributed by atoms with Gasteiger partial charge in [0.25, 0.3) is 0 Å². The van der Waals surface area contributed by atoms with Crippen molar-refractivity contribution >= 4 is 29.1 Å². The Morgan fingerprint density at radius 3 is 2.32 bits per heavy atom. The van der Waals surface area contributed by atoms with Crippen LogP contribution in [0.2, 0.25) is 10.0 Å². The molecule has 0 saturated carbocycles. The van der Waals surface area contributed by atoms with Crippen molar-refractivity contribution in [3.8, 4) is 0 Å². The highest BCUT2D eigenvalue weighted by atomic mass is 35.5. The standard InChI is InChI=1S/C26H30Cl2FNO/c1-5-12-26(4)16-23(18-13-20(28)15-21(29)14-18)24(17-8-10-19(27)11-9-17)30(25(26)31)22(6-2)7-3/h5,8-11,13-15,22-24H,1,6-7,12,16H2,2-4H3/t23-,24-,26+/m1/s1. The highest BCUT2D eigenvalue weighted by Gasteiger charge is 2.50. The SMILES string of the molecule is C=CC[C@@]1(C)C[C@H](c2cc(F)cc(Cl)c2)[C@@H](c2ccc(Cl)cc2)N(C(CC)CC)C1=O. The summed E-state index contributed by atoms with van der Waals surface area (Å²) in [4.78, 5) is 16.0. The van der Waals surface area contributed by atoms with E-state index in [0.29, 0.717) is 22.9 Å². The van der Waals surface area contributed by atoms with Crippen molar-refractivity contribution < 1.29 is 9.18 Å². The van der Waals surface area contributed by atoms with Gasteiger partial charge in [-0.15, -0.1) is 6.58 Å². The third-order valence-electron chi connectivity index (χ3n) is 6.56. The van der Waals surface area contributed by atoms with E-state index in [1.54, 1.807) is 12.1 Å². The number of hydrogen-bond donors (Lipinski definition) is 0. The van der Waals surface area contributed by atoms with Gasteiger partial charge < -0.3 is 4.90 Å². The monoisotopic (exact) mass is 461 g/mol. The molecule has 1 fully saturated rings. The molecule has 2 nitrogen and oxygen atoms in total. The lowest BCUT2D eigenvalue weighted by atomic mass is 9.67. The fraction of sp³-hybridized carbons (Fsp3) is 0.423. The number of piperidine rings is 1. The van der Waals surface area contributed by atoms with Crippen LogP contribution in [0.25, 0.3) is 0 Å². The number of rotatable bonds is 7. The lowest BCUT2D eigenvalue weighted by molar-refractivity contribution is -0.154. The molecule has 0 aliphatic carbocycles. The Balaban J connectivity index is 2.24. The number of benzene rings is 2. The van der Waals surface area contributed by atoms with Gasteiger partial charge in [-0.2, -0.15) is 0 Å². The zero-order chi connectivity index (χ0) is 22.8. The first-order valence-corrected chi connectivity index (χ1v) is 11.6. The van der Waals surface area contributed by atoms with Gasteiger partial charge in [0.15, 0.2) is 0 Å². The Hall–Kier alpha value is -1.84. The lowest BCUT2D eigenvalue weighted by Crippen LogP contribution is -2.55. The van der Waals surface area contributed by atoms with Crippen LogP contribution in [-0.4, -0.2) is 16.8 Å². The van der Waals surface area contributed by atoms with E-state index < -0.39 is 5.41 Å². The van der Waals surface area contributed by atoms with Gasteiger partial charge in [-0.05, 0) is 67.1 Å². The molecule has 0 N–H and O–H groups in total. The number of allylic oxidation sites excluding steroid dienone is 1. The van der Waals surface area contributed by atoms with Gasteiger partial charge in [-0.3, -0.25) is 4.79 Å². The number of carbonyl (C=O) groups excluding carboxylic acids is 1. The average Bonchev–Trinajstić information content (AvgIpc) is 2.72. The minimum absolute atomic E-state index is 0.0733. The molecule has 0 radical (unpaired) electrons. The molecule has 1 saturated heterocycles. The van der Waals surface area contributed by atoms with Crippen LogP contribution < -0.4 is 0 Å². The van der Waals surface area contributed by atoms with Crippen LogP contribution in [0.5, 0.6) is 0 Å². The van der Waals surface area contributed by atoms with Crippen LogP contribution in [0.1, 0.15) is 69.5 Å². The molecule has 1 aliphatic heterocycles. The van der Waals surface area contributed by atoms with E-state index in [1.807, 2.05) is 42.2 Å². The minimum atomic E-state index is -0.614. The van der Waals surface area contributed by atoms with Crippen LogP contribution in [0.15, 0.2) is 55.1 Å². The molecule has 5 heteroatoms. The van der Waals surface area contributed by atoms with Crippen molar-refractivity contribution in [1.82, 2.24) is 4.90 Å². The third-order valence-corrected chi connectivity index (χ3v) is 7.03. The molecular formula is C26H30Cl2FNO. The Kier molecular flexibility index (Phi) is 7.49. The highest BCUT2D eigenvalue weighted by molar-refractivity contribution is 6.30. The van der Waals surface area contributed by atoms with Crippen molar-refractivity contribution in [3.05, 3.63) is 82.1 Å². The molecule has 0 bridgehead atoms. The summed E-state index contributed by atoms with van der Waals surface area (Å²) < 4.78 is 14.4. The topological polar surface area (TPSA) is 20.3 Å². The summed E-state index contributed by atoms with van der Waals surface area (Å²) in [6.07, 6.45) is 4.64. The second-order valence-electron chi connectivity index (χ2n) is 8.75. The van der Waals surface area contributed by atoms with Crippen LogP contribution in [-0.2, 0) is 4.79 Å². The first kappa shape index (κ1) is 23.8. The van der Waals surface area contributed by atoms with Gasteiger partial charge in [0, 0.05) is 22.0 Å². The molecule has 3 rings (SSSR count). The van der Waals surface area contributed by atoms with Crippen molar-refractivity contribution in [2.24, 2.45) is 5.41 Å². The van der Waals surface area contributed by atoms with Crippen molar-refractivity contribution in [2.45, 2.75) is 64.5 Å². The molecular weight excluding hydrogens is 432 g/mol. The normalized spacial score (nSPS) is 24.0. The van der Waals surface area contributed by atoms with Gasteiger partial charge in [0.1, 0.15) is 5.82 Å². The predicted octanol–water partition coefficient (Wildman–Crippen LogP) is 7.96. The lowest BCUT2D eigenvalue weighted by Gasteiger charge is -2.52. The quantitative estimate of drug-likeness (QED) is 0.382. The molecule has 31 heavy (non-hydrogen) atoms. The second-order valence-corrected chi connectivity index (χ2v) is 9.62. The van der Waals surface area contributed by atoms with Gasteiger partial charge in [-0.1, -0.05) is 62.2 Å². The number of amides is 1. The Morgan fingerprint density at radius 1 is 1.13 bits per heavy atom. The van der Waals surface area contributed by atoms with E-state index in [0.717, 1.165) is 24.0 Å². The van der Waals surface area contributed by atoms with Crippen LogP contribution >= 0.6 is 23.2 Å². The summed E-state index contributed by atoms with van der Waals surface area (Å²) in [5.41, 5.74) is 1.19. The van der Waals surface area contributed by atoms with E-state index in [4.69, 9.17) is 23.2 Å². The van der Waals surface area contributed by atoms with E-state index in [2.05, 4.69) is 20.4 Å². The minimum Gasteiger partial charge on any atom is -0.332 e.